The maximum absolute atomic E-state index is 13.5. The molecule has 0 aliphatic rings. The summed E-state index contributed by atoms with van der Waals surface area (Å²) in [5.74, 6) is -6.19. The number of nitrogens with one attached hydrogen (secondary N) is 3. The molecule has 95 heavy (non-hydrogen) atoms. The van der Waals surface area contributed by atoms with Gasteiger partial charge in [-0.1, -0.05) is 210 Å². The standard InChI is InChI=1S/C26H24FNO3.C15H13FO.C14H10BrFO.2C12H15NO2/c1-17(2)24(29)23(26(31)28-21-11-7-4-8-12-21)22(18-9-5-3-6-10-18)25(30)19-13-15-20(27)16-14-19;1-11(12-5-3-2-4-6-12)15(17)13-7-9-14(16)10-8-13;15-13(10-4-2-1-3-5-10)14(17)11-6-8-12(16)9-7-11;2*1-9(2)11(14)8-12(15)13-10-6-4-3-5-7-10/h3-17,22-23H,1-2H3,(H,28,31);2-11H,1H3;1-9,13H;2*3-7,9H,8H2,1-2H3,(H,13,15). The van der Waals surface area contributed by atoms with Gasteiger partial charge in [0.1, 0.15) is 45.5 Å². The molecule has 0 aliphatic heterocycles. The van der Waals surface area contributed by atoms with E-state index in [1.54, 1.807) is 120 Å². The van der Waals surface area contributed by atoms with Crippen LogP contribution in [0, 0.1) is 41.1 Å². The van der Waals surface area contributed by atoms with Gasteiger partial charge < -0.3 is 16.0 Å². The van der Waals surface area contributed by atoms with E-state index in [4.69, 9.17) is 0 Å². The van der Waals surface area contributed by atoms with E-state index >= 15 is 0 Å². The van der Waals surface area contributed by atoms with E-state index in [-0.39, 0.29) is 88.5 Å². The highest BCUT2D eigenvalue weighted by Crippen LogP contribution is 2.33. The zero-order chi connectivity index (χ0) is 69.4. The van der Waals surface area contributed by atoms with Crippen LogP contribution in [-0.4, -0.2) is 52.4 Å². The summed E-state index contributed by atoms with van der Waals surface area (Å²) in [5, 5.41) is 8.11. The van der Waals surface area contributed by atoms with Gasteiger partial charge in [-0.3, -0.25) is 43.2 Å². The van der Waals surface area contributed by atoms with E-state index in [1.165, 1.54) is 72.8 Å². The highest BCUT2D eigenvalue weighted by atomic mass is 79.9. The predicted octanol–water partition coefficient (Wildman–Crippen LogP) is 17.7. The normalized spacial score (nSPS) is 11.7. The minimum Gasteiger partial charge on any atom is -0.326 e. The lowest BCUT2D eigenvalue weighted by molar-refractivity contribution is -0.134. The Morgan fingerprint density at radius 3 is 0.968 bits per heavy atom. The van der Waals surface area contributed by atoms with Crippen LogP contribution in [-0.2, 0) is 28.8 Å². The number of anilines is 3. The fraction of sp³-hybridized carbons (Fsp3) is 0.203. The Kier molecular flexibility index (Phi) is 31.2. The van der Waals surface area contributed by atoms with Crippen LogP contribution >= 0.6 is 15.9 Å². The van der Waals surface area contributed by atoms with E-state index in [1.807, 2.05) is 110 Å². The zero-order valence-corrected chi connectivity index (χ0v) is 55.5. The van der Waals surface area contributed by atoms with E-state index in [2.05, 4.69) is 31.9 Å². The topological polar surface area (TPSA) is 190 Å². The van der Waals surface area contributed by atoms with Gasteiger partial charge in [0.15, 0.2) is 17.3 Å². The first kappa shape index (κ1) is 75.4. The minimum absolute atomic E-state index is 0.0104. The lowest BCUT2D eigenvalue weighted by Crippen LogP contribution is -2.40. The highest BCUT2D eigenvalue weighted by Gasteiger charge is 2.41. The fourth-order valence-corrected chi connectivity index (χ4v) is 9.53. The van der Waals surface area contributed by atoms with Crippen LogP contribution in [0.2, 0.25) is 0 Å². The van der Waals surface area contributed by atoms with Crippen molar-refractivity contribution in [1.29, 1.82) is 0 Å². The summed E-state index contributed by atoms with van der Waals surface area (Å²) < 4.78 is 38.9. The number of para-hydroxylation sites is 3. The molecule has 0 radical (unpaired) electrons. The molecule has 4 atom stereocenters. The molecule has 490 valence electrons. The number of benzene rings is 9. The van der Waals surface area contributed by atoms with E-state index in [0.29, 0.717) is 22.4 Å². The quantitative estimate of drug-likeness (QED) is 0.0337. The first-order valence-electron chi connectivity index (χ1n) is 30.8. The lowest BCUT2D eigenvalue weighted by Gasteiger charge is -2.26. The third-order valence-electron chi connectivity index (χ3n) is 14.4. The average molecular weight is 1350 g/mol. The second kappa shape index (κ2) is 39.3. The summed E-state index contributed by atoms with van der Waals surface area (Å²) in [6, 6.07) is 71.1. The smallest absolute Gasteiger partial charge is 0.236 e. The number of hydrogen-bond donors (Lipinski definition) is 3. The van der Waals surface area contributed by atoms with Crippen LogP contribution in [0.15, 0.2) is 255 Å². The van der Waals surface area contributed by atoms with Gasteiger partial charge in [0, 0.05) is 57.4 Å². The maximum Gasteiger partial charge on any atom is 0.236 e. The van der Waals surface area contributed by atoms with E-state index in [0.717, 1.165) is 22.5 Å². The Morgan fingerprint density at radius 2 is 0.632 bits per heavy atom. The molecule has 0 spiro atoms. The molecule has 0 aliphatic carbocycles. The fourth-order valence-electron chi connectivity index (χ4n) is 8.96. The number of carbonyl (C=O) groups is 9. The number of ketones is 6. The lowest BCUT2D eigenvalue weighted by atomic mass is 9.75. The molecule has 0 saturated heterocycles. The van der Waals surface area contributed by atoms with Crippen molar-refractivity contribution in [2.24, 2.45) is 23.7 Å². The van der Waals surface area contributed by atoms with Gasteiger partial charge >= 0.3 is 0 Å². The van der Waals surface area contributed by atoms with Crippen molar-refractivity contribution in [2.75, 3.05) is 16.0 Å². The first-order valence-corrected chi connectivity index (χ1v) is 31.7. The van der Waals surface area contributed by atoms with Crippen LogP contribution in [0.3, 0.4) is 0 Å². The summed E-state index contributed by atoms with van der Waals surface area (Å²) >= 11 is 3.36. The van der Waals surface area contributed by atoms with Crippen LogP contribution in [0.5, 0.6) is 0 Å². The van der Waals surface area contributed by atoms with Crippen molar-refractivity contribution in [3.8, 4) is 0 Å². The van der Waals surface area contributed by atoms with Crippen LogP contribution in [0.25, 0.3) is 0 Å². The number of amides is 3. The number of rotatable bonds is 22. The van der Waals surface area contributed by atoms with E-state index < -0.39 is 40.1 Å². The summed E-state index contributed by atoms with van der Waals surface area (Å²) in [7, 11) is 0. The van der Waals surface area contributed by atoms with Crippen molar-refractivity contribution in [2.45, 2.75) is 78.0 Å². The Labute approximate surface area is 562 Å². The van der Waals surface area contributed by atoms with Crippen LogP contribution in [0.1, 0.15) is 126 Å². The molecule has 3 N–H and O–H groups in total. The number of halogens is 4. The monoisotopic (exact) mass is 1350 g/mol. The molecule has 0 heterocycles. The summed E-state index contributed by atoms with van der Waals surface area (Å²) in [6.45, 7) is 12.4. The van der Waals surface area contributed by atoms with Gasteiger partial charge in [0.25, 0.3) is 0 Å². The van der Waals surface area contributed by atoms with Crippen LogP contribution < -0.4 is 16.0 Å². The molecule has 4 unspecified atom stereocenters. The molecular formula is C79H77BrF3N3O9. The zero-order valence-electron chi connectivity index (χ0n) is 53.9. The van der Waals surface area contributed by atoms with Gasteiger partial charge in [-0.2, -0.15) is 0 Å². The second-order valence-corrected chi connectivity index (χ2v) is 23.6. The summed E-state index contributed by atoms with van der Waals surface area (Å²) in [5.41, 5.74) is 5.68. The van der Waals surface area contributed by atoms with Crippen molar-refractivity contribution in [3.05, 3.63) is 306 Å². The number of carbonyl (C=O) groups excluding carboxylic acids is 9. The van der Waals surface area contributed by atoms with Gasteiger partial charge in [-0.25, -0.2) is 13.2 Å². The van der Waals surface area contributed by atoms with Gasteiger partial charge in [0.2, 0.25) is 17.7 Å². The van der Waals surface area contributed by atoms with Crippen molar-refractivity contribution >= 4 is 85.4 Å². The van der Waals surface area contributed by atoms with Crippen LogP contribution in [0.4, 0.5) is 30.2 Å². The molecule has 0 saturated carbocycles. The number of alkyl halides is 1. The Morgan fingerprint density at radius 1 is 0.337 bits per heavy atom. The predicted molar refractivity (Wildman–Crippen MR) is 372 cm³/mol. The van der Waals surface area contributed by atoms with Gasteiger partial charge in [0.05, 0.1) is 18.8 Å². The third kappa shape index (κ3) is 25.6. The Balaban J connectivity index is 0.000000223. The maximum atomic E-state index is 13.5. The number of hydrogen-bond acceptors (Lipinski definition) is 9. The Hall–Kier alpha value is -10.3. The molecular weight excluding hydrogens is 1270 g/mol. The Bertz CT molecular complexity index is 3730. The molecule has 0 fully saturated rings. The van der Waals surface area contributed by atoms with Gasteiger partial charge in [-0.15, -0.1) is 0 Å². The molecule has 0 bridgehead atoms. The number of Topliss-reactive ketones (excluding diaryl/α,β-unsaturated/α-hetero) is 6. The SMILES string of the molecule is CC(C(=O)c1ccc(F)cc1)c1ccccc1.CC(C)C(=O)C(C(=O)Nc1ccccc1)C(C(=O)c1ccc(F)cc1)c1ccccc1.CC(C)C(=O)CC(=O)Nc1ccccc1.CC(C)C(=O)CC(=O)Nc1ccccc1.O=C(c1ccc(F)cc1)C(Br)c1ccccc1. The average Bonchev–Trinajstić information content (AvgIpc) is 0.801. The minimum atomic E-state index is -1.24. The molecule has 3 amide bonds. The van der Waals surface area contributed by atoms with Gasteiger partial charge in [-0.05, 0) is 126 Å². The van der Waals surface area contributed by atoms with E-state index in [9.17, 15) is 56.3 Å². The molecule has 9 aromatic carbocycles. The summed E-state index contributed by atoms with van der Waals surface area (Å²) in [4.78, 5) is 109. The molecule has 9 aromatic rings. The first-order chi connectivity index (χ1) is 45.4. The second-order valence-electron chi connectivity index (χ2n) is 22.7. The highest BCUT2D eigenvalue weighted by molar-refractivity contribution is 9.09. The summed E-state index contributed by atoms with van der Waals surface area (Å²) in [6.07, 6.45) is -0.0981. The van der Waals surface area contributed by atoms with Crippen molar-refractivity contribution in [3.63, 3.8) is 0 Å². The third-order valence-corrected chi connectivity index (χ3v) is 15.4. The molecule has 12 nitrogen and oxygen atoms in total. The van der Waals surface area contributed by atoms with Crippen molar-refractivity contribution < 1.29 is 56.3 Å². The molecule has 9 rings (SSSR count). The van der Waals surface area contributed by atoms with Crippen molar-refractivity contribution in [1.82, 2.24) is 0 Å². The molecule has 0 aromatic heterocycles. The molecule has 16 heteroatoms. The largest absolute Gasteiger partial charge is 0.326 e.